The van der Waals surface area contributed by atoms with E-state index in [4.69, 9.17) is 0 Å². The van der Waals surface area contributed by atoms with Gasteiger partial charge in [-0.05, 0) is 59.5 Å². The van der Waals surface area contributed by atoms with Gasteiger partial charge in [0.25, 0.3) is 0 Å². The molecule has 0 saturated carbocycles. The number of fused-ring (bicyclic) bond motifs is 2. The normalized spacial score (nSPS) is 13.0. The molecule has 0 N–H and O–H groups in total. The summed E-state index contributed by atoms with van der Waals surface area (Å²) < 4.78 is 15.0. The zero-order valence-electron chi connectivity index (χ0n) is 19.9. The van der Waals surface area contributed by atoms with Crippen molar-refractivity contribution in [1.82, 2.24) is 0 Å². The van der Waals surface area contributed by atoms with Crippen molar-refractivity contribution in [1.29, 1.82) is 0 Å². The maximum absolute atomic E-state index is 15.0. The first-order chi connectivity index (χ1) is 16.8. The SMILES string of the molecule is Cc1cc(C)c(C(=O)P(=O)(C(=O)c2c3ccccc3cc3ccccc23)c2ccccc2)c(C)c1. The Hall–Kier alpha value is -3.81. The third kappa shape index (κ3) is 3.73. The molecule has 0 fully saturated rings. The lowest BCUT2D eigenvalue weighted by Crippen LogP contribution is -2.22. The molecule has 0 aliphatic heterocycles. The van der Waals surface area contributed by atoms with Crippen molar-refractivity contribution >= 4 is 45.0 Å². The monoisotopic (exact) mass is 476 g/mol. The van der Waals surface area contributed by atoms with Gasteiger partial charge in [-0.2, -0.15) is 0 Å². The fourth-order valence-electron chi connectivity index (χ4n) is 5.04. The lowest BCUT2D eigenvalue weighted by Gasteiger charge is -2.21. The van der Waals surface area contributed by atoms with Gasteiger partial charge in [0.2, 0.25) is 18.2 Å². The molecular formula is C31H25O3P. The highest BCUT2D eigenvalue weighted by molar-refractivity contribution is 8.01. The summed E-state index contributed by atoms with van der Waals surface area (Å²) in [6.45, 7) is 5.62. The Labute approximate surface area is 204 Å². The number of hydrogen-bond acceptors (Lipinski definition) is 3. The van der Waals surface area contributed by atoms with E-state index in [2.05, 4.69) is 0 Å². The van der Waals surface area contributed by atoms with Crippen LogP contribution >= 0.6 is 7.14 Å². The molecule has 0 aliphatic rings. The molecule has 4 heteroatoms. The van der Waals surface area contributed by atoms with Crippen molar-refractivity contribution < 1.29 is 14.2 Å². The molecule has 0 heterocycles. The molecule has 0 aliphatic carbocycles. The van der Waals surface area contributed by atoms with Crippen LogP contribution in [-0.2, 0) is 4.57 Å². The molecule has 0 bridgehead atoms. The third-order valence-electron chi connectivity index (χ3n) is 6.57. The van der Waals surface area contributed by atoms with Gasteiger partial charge in [0.15, 0.2) is 0 Å². The Morgan fingerprint density at radius 1 is 0.571 bits per heavy atom. The van der Waals surface area contributed by atoms with Crippen LogP contribution in [-0.4, -0.2) is 11.0 Å². The molecule has 5 rings (SSSR count). The first-order valence-corrected chi connectivity index (χ1v) is 13.3. The van der Waals surface area contributed by atoms with E-state index in [-0.39, 0.29) is 5.30 Å². The fourth-order valence-corrected chi connectivity index (χ4v) is 7.51. The summed E-state index contributed by atoms with van der Waals surface area (Å²) in [5.74, 6) is 0. The quantitative estimate of drug-likeness (QED) is 0.194. The second kappa shape index (κ2) is 8.76. The minimum atomic E-state index is -4.25. The number of benzene rings is 5. The van der Waals surface area contributed by atoms with E-state index in [9.17, 15) is 14.2 Å². The maximum Gasteiger partial charge on any atom is 0.248 e. The predicted molar refractivity (Wildman–Crippen MR) is 144 cm³/mol. The van der Waals surface area contributed by atoms with Crippen molar-refractivity contribution in [2.45, 2.75) is 20.8 Å². The van der Waals surface area contributed by atoms with Gasteiger partial charge in [-0.3, -0.25) is 9.59 Å². The highest BCUT2D eigenvalue weighted by atomic mass is 31.2. The Morgan fingerprint density at radius 2 is 1.03 bits per heavy atom. The smallest absolute Gasteiger partial charge is 0.248 e. The second-order valence-electron chi connectivity index (χ2n) is 9.02. The van der Waals surface area contributed by atoms with Crippen molar-refractivity contribution in [2.75, 3.05) is 0 Å². The largest absolute Gasteiger partial charge is 0.302 e. The highest BCUT2D eigenvalue weighted by Crippen LogP contribution is 2.53. The molecule has 0 saturated heterocycles. The maximum atomic E-state index is 15.0. The van der Waals surface area contributed by atoms with Gasteiger partial charge in [-0.15, -0.1) is 0 Å². The standard InChI is InChI=1S/C31H25O3P/c1-20-17-21(2)28(22(3)18-20)30(32)35(34,25-13-5-4-6-14-25)31(33)29-26-15-9-7-11-23(26)19-24-12-8-10-16-27(24)29/h4-19H,1-3H3. The van der Waals surface area contributed by atoms with Crippen LogP contribution in [0.4, 0.5) is 0 Å². The average molecular weight is 477 g/mol. The zero-order valence-corrected chi connectivity index (χ0v) is 20.8. The Morgan fingerprint density at radius 3 is 1.57 bits per heavy atom. The van der Waals surface area contributed by atoms with Crippen LogP contribution in [0.15, 0.2) is 97.1 Å². The Balaban J connectivity index is 1.85. The number of hydrogen-bond donors (Lipinski definition) is 0. The van der Waals surface area contributed by atoms with E-state index in [1.165, 1.54) is 0 Å². The Kier molecular flexibility index (Phi) is 5.75. The van der Waals surface area contributed by atoms with Crippen LogP contribution in [0, 0.1) is 20.8 Å². The summed E-state index contributed by atoms with van der Waals surface area (Å²) in [5.41, 5.74) is 1.92. The molecule has 1 unspecified atom stereocenters. The molecule has 0 amide bonds. The molecule has 35 heavy (non-hydrogen) atoms. The van der Waals surface area contributed by atoms with Crippen LogP contribution in [0.2, 0.25) is 0 Å². The number of carbonyl (C=O) groups excluding carboxylic acids is 2. The van der Waals surface area contributed by atoms with Crippen LogP contribution in [0.5, 0.6) is 0 Å². The molecule has 0 spiro atoms. The highest BCUT2D eigenvalue weighted by Gasteiger charge is 2.44. The summed E-state index contributed by atoms with van der Waals surface area (Å²) in [5, 5.41) is 3.37. The van der Waals surface area contributed by atoms with E-state index in [0.29, 0.717) is 21.9 Å². The molecule has 1 atom stereocenters. The van der Waals surface area contributed by atoms with Crippen LogP contribution in [0.3, 0.4) is 0 Å². The first kappa shape index (κ1) is 23.0. The van der Waals surface area contributed by atoms with Gasteiger partial charge in [0.1, 0.15) is 0 Å². The topological polar surface area (TPSA) is 51.2 Å². The number of aryl methyl sites for hydroxylation is 3. The summed E-state index contributed by atoms with van der Waals surface area (Å²) in [6.07, 6.45) is 0. The van der Waals surface area contributed by atoms with Crippen LogP contribution in [0.25, 0.3) is 21.5 Å². The second-order valence-corrected chi connectivity index (χ2v) is 11.6. The minimum absolute atomic E-state index is 0.256. The summed E-state index contributed by atoms with van der Waals surface area (Å²) >= 11 is 0. The van der Waals surface area contributed by atoms with E-state index in [1.54, 1.807) is 30.3 Å². The predicted octanol–water partition coefficient (Wildman–Crippen LogP) is 7.59. The third-order valence-corrected chi connectivity index (χ3v) is 9.18. The summed E-state index contributed by atoms with van der Waals surface area (Å²) in [7, 11) is -4.25. The molecule has 5 aromatic rings. The lowest BCUT2D eigenvalue weighted by molar-refractivity contribution is 0.104. The minimum Gasteiger partial charge on any atom is -0.302 e. The van der Waals surface area contributed by atoms with E-state index in [1.807, 2.05) is 87.5 Å². The summed E-state index contributed by atoms with van der Waals surface area (Å²) in [4.78, 5) is 28.7. The molecule has 0 aromatic heterocycles. The number of rotatable bonds is 5. The van der Waals surface area contributed by atoms with Gasteiger partial charge in [-0.1, -0.05) is 96.6 Å². The molecule has 5 aromatic carbocycles. The number of carbonyl (C=O) groups is 2. The lowest BCUT2D eigenvalue weighted by atomic mass is 9.97. The van der Waals surface area contributed by atoms with Gasteiger partial charge >= 0.3 is 0 Å². The summed E-state index contributed by atoms with van der Waals surface area (Å²) in [6, 6.07) is 29.4. The first-order valence-electron chi connectivity index (χ1n) is 11.6. The van der Waals surface area contributed by atoms with Crippen molar-refractivity contribution in [3.8, 4) is 0 Å². The van der Waals surface area contributed by atoms with Crippen LogP contribution < -0.4 is 5.30 Å². The molecule has 3 nitrogen and oxygen atoms in total. The van der Waals surface area contributed by atoms with E-state index in [0.717, 1.165) is 27.5 Å². The van der Waals surface area contributed by atoms with Crippen molar-refractivity contribution in [3.63, 3.8) is 0 Å². The van der Waals surface area contributed by atoms with Gasteiger partial charge in [0, 0.05) is 16.4 Å². The van der Waals surface area contributed by atoms with E-state index >= 15 is 0 Å². The Bertz CT molecular complexity index is 1610. The van der Waals surface area contributed by atoms with Crippen LogP contribution in [0.1, 0.15) is 37.4 Å². The van der Waals surface area contributed by atoms with Gasteiger partial charge < -0.3 is 4.57 Å². The van der Waals surface area contributed by atoms with Gasteiger partial charge in [0.05, 0.1) is 0 Å². The molecule has 172 valence electrons. The van der Waals surface area contributed by atoms with E-state index < -0.39 is 18.2 Å². The van der Waals surface area contributed by atoms with Gasteiger partial charge in [-0.25, -0.2) is 0 Å². The average Bonchev–Trinajstić information content (AvgIpc) is 2.86. The zero-order chi connectivity index (χ0) is 24.7. The molecule has 0 radical (unpaired) electrons. The fraction of sp³-hybridized carbons (Fsp3) is 0.0968. The van der Waals surface area contributed by atoms with Crippen molar-refractivity contribution in [2.24, 2.45) is 0 Å². The molecular weight excluding hydrogens is 451 g/mol. The van der Waals surface area contributed by atoms with Crippen molar-refractivity contribution in [3.05, 3.63) is 125 Å².